The molecule has 0 saturated carbocycles. The van der Waals surface area contributed by atoms with E-state index in [1.54, 1.807) is 0 Å². The lowest BCUT2D eigenvalue weighted by atomic mass is 10.0. The molecular weight excluding hydrogens is 270 g/mol. The van der Waals surface area contributed by atoms with Crippen LogP contribution in [0, 0.1) is 0 Å². The van der Waals surface area contributed by atoms with Gasteiger partial charge >= 0.3 is 0 Å². The van der Waals surface area contributed by atoms with Crippen LogP contribution < -0.4 is 5.32 Å². The zero-order valence-corrected chi connectivity index (χ0v) is 15.9. The highest BCUT2D eigenvalue weighted by molar-refractivity contribution is 8.00. The molecule has 0 bridgehead atoms. The zero-order chi connectivity index (χ0) is 15.1. The summed E-state index contributed by atoms with van der Waals surface area (Å²) in [4.78, 5) is 0. The summed E-state index contributed by atoms with van der Waals surface area (Å²) in [7, 11) is 0. The van der Waals surface area contributed by atoms with Gasteiger partial charge in [0.25, 0.3) is 0 Å². The molecule has 0 aromatic heterocycles. The van der Waals surface area contributed by atoms with Crippen molar-refractivity contribution in [1.29, 1.82) is 0 Å². The summed E-state index contributed by atoms with van der Waals surface area (Å²) in [6.07, 6.45) is 2.56. The molecule has 0 saturated heterocycles. The highest BCUT2D eigenvalue weighted by Gasteiger charge is 2.18. The highest BCUT2D eigenvalue weighted by Crippen LogP contribution is 2.25. The standard InChI is InChI=1S/C16H35NS2/c1-13(2)18-11-9-14(17-15(3,4)5)10-12-19-16(6,7)8/h13-14,17H,9-12H2,1-8H3. The highest BCUT2D eigenvalue weighted by atomic mass is 32.2. The monoisotopic (exact) mass is 305 g/mol. The Morgan fingerprint density at radius 1 is 0.895 bits per heavy atom. The minimum Gasteiger partial charge on any atom is -0.309 e. The molecule has 19 heavy (non-hydrogen) atoms. The molecule has 1 atom stereocenters. The molecule has 0 spiro atoms. The van der Waals surface area contributed by atoms with Crippen LogP contribution in [0.1, 0.15) is 68.2 Å². The van der Waals surface area contributed by atoms with Crippen LogP contribution in [0.5, 0.6) is 0 Å². The van der Waals surface area contributed by atoms with Crippen molar-refractivity contribution < 1.29 is 0 Å². The first-order valence-corrected chi connectivity index (χ1v) is 9.56. The normalized spacial score (nSPS) is 15.0. The lowest BCUT2D eigenvalue weighted by Gasteiger charge is -2.29. The van der Waals surface area contributed by atoms with E-state index in [2.05, 4.69) is 84.2 Å². The molecule has 0 rings (SSSR count). The number of hydrogen-bond acceptors (Lipinski definition) is 3. The maximum atomic E-state index is 3.79. The minimum absolute atomic E-state index is 0.222. The van der Waals surface area contributed by atoms with Crippen LogP contribution in [-0.4, -0.2) is 33.1 Å². The summed E-state index contributed by atoms with van der Waals surface area (Å²) >= 11 is 4.16. The van der Waals surface area contributed by atoms with Crippen molar-refractivity contribution in [3.8, 4) is 0 Å². The lowest BCUT2D eigenvalue weighted by molar-refractivity contribution is 0.347. The Balaban J connectivity index is 4.11. The van der Waals surface area contributed by atoms with E-state index in [1.165, 1.54) is 24.3 Å². The fraction of sp³-hybridized carbons (Fsp3) is 1.00. The number of thioether (sulfide) groups is 2. The van der Waals surface area contributed by atoms with Crippen molar-refractivity contribution in [1.82, 2.24) is 5.32 Å². The van der Waals surface area contributed by atoms with Crippen LogP contribution in [0.2, 0.25) is 0 Å². The van der Waals surface area contributed by atoms with E-state index in [9.17, 15) is 0 Å². The molecule has 3 heteroatoms. The molecule has 0 aliphatic rings. The van der Waals surface area contributed by atoms with Gasteiger partial charge in [-0.05, 0) is 50.4 Å². The summed E-state index contributed by atoms with van der Waals surface area (Å²) in [5.74, 6) is 2.52. The predicted molar refractivity (Wildman–Crippen MR) is 95.7 cm³/mol. The van der Waals surface area contributed by atoms with Crippen LogP contribution in [0.25, 0.3) is 0 Å². The predicted octanol–water partition coefficient (Wildman–Crippen LogP) is 5.20. The van der Waals surface area contributed by atoms with Gasteiger partial charge < -0.3 is 5.32 Å². The topological polar surface area (TPSA) is 12.0 Å². The number of nitrogens with one attached hydrogen (secondary N) is 1. The van der Waals surface area contributed by atoms with Crippen molar-refractivity contribution in [3.63, 3.8) is 0 Å². The summed E-state index contributed by atoms with van der Waals surface area (Å²) in [6.45, 7) is 18.3. The first kappa shape index (κ1) is 19.7. The SMILES string of the molecule is CC(C)SCCC(CCSC(C)(C)C)NC(C)(C)C. The van der Waals surface area contributed by atoms with Crippen LogP contribution in [0.3, 0.4) is 0 Å². The van der Waals surface area contributed by atoms with Gasteiger partial charge in [0.2, 0.25) is 0 Å². The Hall–Kier alpha value is 0.660. The van der Waals surface area contributed by atoms with Crippen molar-refractivity contribution in [3.05, 3.63) is 0 Å². The van der Waals surface area contributed by atoms with Crippen molar-refractivity contribution in [2.24, 2.45) is 0 Å². The Kier molecular flexibility index (Phi) is 9.15. The second-order valence-electron chi connectivity index (χ2n) is 7.55. The molecule has 1 N–H and O–H groups in total. The molecular formula is C16H35NS2. The molecule has 1 unspecified atom stereocenters. The fourth-order valence-corrected chi connectivity index (χ4v) is 3.76. The van der Waals surface area contributed by atoms with Gasteiger partial charge in [0, 0.05) is 16.3 Å². The van der Waals surface area contributed by atoms with Gasteiger partial charge in [-0.3, -0.25) is 0 Å². The number of rotatable bonds is 8. The first-order chi connectivity index (χ1) is 8.49. The summed E-state index contributed by atoms with van der Waals surface area (Å²) < 4.78 is 0.388. The minimum atomic E-state index is 0.222. The molecule has 1 nitrogen and oxygen atoms in total. The summed E-state index contributed by atoms with van der Waals surface area (Å²) in [6, 6.07) is 0.654. The molecule has 0 amide bonds. The Labute approximate surface area is 130 Å². The van der Waals surface area contributed by atoms with Gasteiger partial charge in [-0.2, -0.15) is 23.5 Å². The number of hydrogen-bond donors (Lipinski definition) is 1. The smallest absolute Gasteiger partial charge is 0.00991 e. The largest absolute Gasteiger partial charge is 0.309 e. The maximum Gasteiger partial charge on any atom is 0.00991 e. The zero-order valence-electron chi connectivity index (χ0n) is 14.3. The van der Waals surface area contributed by atoms with E-state index in [4.69, 9.17) is 0 Å². The molecule has 0 aliphatic heterocycles. The van der Waals surface area contributed by atoms with Gasteiger partial charge in [-0.1, -0.05) is 34.6 Å². The van der Waals surface area contributed by atoms with Gasteiger partial charge in [0.1, 0.15) is 0 Å². The molecule has 0 aromatic rings. The third kappa shape index (κ3) is 14.9. The molecule has 0 heterocycles. The van der Waals surface area contributed by atoms with E-state index in [0.717, 1.165) is 5.25 Å². The van der Waals surface area contributed by atoms with Gasteiger partial charge in [0.05, 0.1) is 0 Å². The maximum absolute atomic E-state index is 3.79. The molecule has 0 fully saturated rings. The van der Waals surface area contributed by atoms with Crippen LogP contribution in [0.4, 0.5) is 0 Å². The summed E-state index contributed by atoms with van der Waals surface area (Å²) in [5.41, 5.74) is 0.222. The van der Waals surface area contributed by atoms with Gasteiger partial charge in [0.15, 0.2) is 0 Å². The van der Waals surface area contributed by atoms with Gasteiger partial charge in [-0.15, -0.1) is 0 Å². The molecule has 0 aromatic carbocycles. The second-order valence-corrected chi connectivity index (χ2v) is 11.2. The molecule has 116 valence electrons. The third-order valence-electron chi connectivity index (χ3n) is 2.56. The summed E-state index contributed by atoms with van der Waals surface area (Å²) in [5, 5.41) is 4.54. The van der Waals surface area contributed by atoms with E-state index < -0.39 is 0 Å². The van der Waals surface area contributed by atoms with Crippen molar-refractivity contribution >= 4 is 23.5 Å². The van der Waals surface area contributed by atoms with E-state index in [1.807, 2.05) is 0 Å². The van der Waals surface area contributed by atoms with Gasteiger partial charge in [-0.25, -0.2) is 0 Å². The Bertz CT molecular complexity index is 226. The van der Waals surface area contributed by atoms with E-state index >= 15 is 0 Å². The quantitative estimate of drug-likeness (QED) is 0.662. The molecule has 0 aliphatic carbocycles. The van der Waals surface area contributed by atoms with Crippen LogP contribution >= 0.6 is 23.5 Å². The van der Waals surface area contributed by atoms with Crippen molar-refractivity contribution in [2.75, 3.05) is 11.5 Å². The lowest BCUT2D eigenvalue weighted by Crippen LogP contribution is -2.44. The van der Waals surface area contributed by atoms with E-state index in [-0.39, 0.29) is 5.54 Å². The average Bonchev–Trinajstić information content (AvgIpc) is 2.11. The average molecular weight is 306 g/mol. The third-order valence-corrected chi connectivity index (χ3v) is 5.00. The first-order valence-electron chi connectivity index (χ1n) is 7.53. The fourth-order valence-electron chi connectivity index (χ4n) is 1.85. The molecule has 0 radical (unpaired) electrons. The Morgan fingerprint density at radius 2 is 1.42 bits per heavy atom. The van der Waals surface area contributed by atoms with Crippen LogP contribution in [0.15, 0.2) is 0 Å². The van der Waals surface area contributed by atoms with Crippen molar-refractivity contribution in [2.45, 2.75) is 89.8 Å². The second kappa shape index (κ2) is 8.84. The Morgan fingerprint density at radius 3 is 1.84 bits per heavy atom. The van der Waals surface area contributed by atoms with E-state index in [0.29, 0.717) is 10.8 Å². The van der Waals surface area contributed by atoms with Crippen LogP contribution in [-0.2, 0) is 0 Å².